The fourth-order valence-electron chi connectivity index (χ4n) is 3.88. The number of hydrogen-bond donors (Lipinski definition) is 2. The minimum atomic E-state index is 0. The Hall–Kier alpha value is -1.52. The second-order valence-corrected chi connectivity index (χ2v) is 8.65. The van der Waals surface area contributed by atoms with Crippen LogP contribution in [0.25, 0.3) is 0 Å². The van der Waals surface area contributed by atoms with Crippen molar-refractivity contribution in [1.29, 1.82) is 0 Å². The Balaban J connectivity index is 0.00000256. The van der Waals surface area contributed by atoms with E-state index in [0.29, 0.717) is 19.1 Å². The van der Waals surface area contributed by atoms with E-state index in [0.717, 1.165) is 49.2 Å². The molecular formula is C22H31IN4O2S. The summed E-state index contributed by atoms with van der Waals surface area (Å²) < 4.78 is 11.5. The molecule has 3 heterocycles. The van der Waals surface area contributed by atoms with Crippen molar-refractivity contribution in [1.82, 2.24) is 10.2 Å². The largest absolute Gasteiger partial charge is 0.490 e. The molecule has 30 heavy (non-hydrogen) atoms. The van der Waals surface area contributed by atoms with Crippen LogP contribution in [0.5, 0.6) is 11.5 Å². The second kappa shape index (κ2) is 11.8. The number of nitrogens with one attached hydrogen (secondary N) is 2. The number of hydrogen-bond acceptors (Lipinski definition) is 5. The van der Waals surface area contributed by atoms with Crippen LogP contribution in [0.15, 0.2) is 40.7 Å². The van der Waals surface area contributed by atoms with Crippen LogP contribution in [-0.2, 0) is 6.54 Å². The molecule has 1 aromatic carbocycles. The zero-order valence-corrected chi connectivity index (χ0v) is 20.6. The van der Waals surface area contributed by atoms with Crippen molar-refractivity contribution in [3.8, 4) is 11.5 Å². The monoisotopic (exact) mass is 542 g/mol. The number of ether oxygens (including phenoxy) is 2. The van der Waals surface area contributed by atoms with E-state index in [1.54, 1.807) is 0 Å². The smallest absolute Gasteiger partial charge is 0.195 e. The summed E-state index contributed by atoms with van der Waals surface area (Å²) in [6.45, 7) is 5.70. The van der Waals surface area contributed by atoms with E-state index in [9.17, 15) is 0 Å². The van der Waals surface area contributed by atoms with Gasteiger partial charge in [0.2, 0.25) is 0 Å². The standard InChI is InChI=1S/C22H30N4O2S.HI/c1-23-22(25-18-7-8-20-21(13-18)28-11-4-10-27-20)24-14-17-5-2-9-26(15-17)16-19-6-3-12-29-19;/h3,6-8,12-13,17H,2,4-5,9-11,14-16H2,1H3,(H2,23,24,25);1H. The van der Waals surface area contributed by atoms with Gasteiger partial charge in [0.25, 0.3) is 0 Å². The molecule has 4 rings (SSSR count). The van der Waals surface area contributed by atoms with Gasteiger partial charge in [-0.3, -0.25) is 9.89 Å². The molecule has 1 unspecified atom stereocenters. The summed E-state index contributed by atoms with van der Waals surface area (Å²) in [5.74, 6) is 3.02. The zero-order chi connectivity index (χ0) is 19.9. The van der Waals surface area contributed by atoms with E-state index in [1.807, 2.05) is 36.6 Å². The Morgan fingerprint density at radius 3 is 2.87 bits per heavy atom. The Morgan fingerprint density at radius 1 is 1.20 bits per heavy atom. The molecule has 0 bridgehead atoms. The van der Waals surface area contributed by atoms with Gasteiger partial charge in [-0.15, -0.1) is 35.3 Å². The molecule has 1 saturated heterocycles. The first-order valence-corrected chi connectivity index (χ1v) is 11.3. The van der Waals surface area contributed by atoms with Gasteiger partial charge < -0.3 is 20.1 Å². The van der Waals surface area contributed by atoms with Gasteiger partial charge in [-0.25, -0.2) is 0 Å². The van der Waals surface area contributed by atoms with Crippen molar-refractivity contribution in [3.05, 3.63) is 40.6 Å². The Kier molecular flexibility index (Phi) is 9.07. The summed E-state index contributed by atoms with van der Waals surface area (Å²) in [4.78, 5) is 8.41. The molecule has 164 valence electrons. The maximum Gasteiger partial charge on any atom is 0.195 e. The molecule has 6 nitrogen and oxygen atoms in total. The lowest BCUT2D eigenvalue weighted by molar-refractivity contribution is 0.170. The average molecular weight is 542 g/mol. The van der Waals surface area contributed by atoms with Gasteiger partial charge in [0.1, 0.15) is 0 Å². The molecule has 1 atom stereocenters. The molecule has 0 radical (unpaired) electrons. The predicted octanol–water partition coefficient (Wildman–Crippen LogP) is 4.43. The van der Waals surface area contributed by atoms with E-state index < -0.39 is 0 Å². The van der Waals surface area contributed by atoms with E-state index in [1.165, 1.54) is 24.3 Å². The molecule has 8 heteroatoms. The van der Waals surface area contributed by atoms with Crippen molar-refractivity contribution >= 4 is 47.0 Å². The molecule has 2 aromatic rings. The number of guanidine groups is 1. The molecule has 0 aliphatic carbocycles. The minimum absolute atomic E-state index is 0. The van der Waals surface area contributed by atoms with Crippen LogP contribution in [0.2, 0.25) is 0 Å². The quantitative estimate of drug-likeness (QED) is 0.333. The van der Waals surface area contributed by atoms with Crippen LogP contribution in [0.4, 0.5) is 5.69 Å². The SMILES string of the molecule is CN=C(NCC1CCCN(Cc2cccs2)C1)Nc1ccc2c(c1)OCCCO2.I. The lowest BCUT2D eigenvalue weighted by atomic mass is 9.98. The zero-order valence-electron chi connectivity index (χ0n) is 17.4. The third-order valence-corrected chi connectivity index (χ3v) is 6.22. The number of anilines is 1. The highest BCUT2D eigenvalue weighted by Gasteiger charge is 2.20. The number of likely N-dealkylation sites (tertiary alicyclic amines) is 1. The number of piperidine rings is 1. The summed E-state index contributed by atoms with van der Waals surface area (Å²) in [7, 11) is 1.81. The first-order chi connectivity index (χ1) is 14.3. The van der Waals surface area contributed by atoms with Gasteiger partial charge in [-0.05, 0) is 48.9 Å². The van der Waals surface area contributed by atoms with Gasteiger partial charge in [0, 0.05) is 49.7 Å². The Bertz CT molecular complexity index is 815. The van der Waals surface area contributed by atoms with E-state index in [4.69, 9.17) is 9.47 Å². The highest BCUT2D eigenvalue weighted by molar-refractivity contribution is 14.0. The van der Waals surface area contributed by atoms with Crippen LogP contribution in [0.3, 0.4) is 0 Å². The summed E-state index contributed by atoms with van der Waals surface area (Å²) in [6, 6.07) is 10.3. The van der Waals surface area contributed by atoms with Crippen molar-refractivity contribution in [2.45, 2.75) is 25.8 Å². The maximum atomic E-state index is 5.78. The summed E-state index contributed by atoms with van der Waals surface area (Å²) in [5.41, 5.74) is 0.949. The maximum absolute atomic E-state index is 5.78. The molecule has 0 saturated carbocycles. The first-order valence-electron chi connectivity index (χ1n) is 10.4. The van der Waals surface area contributed by atoms with Gasteiger partial charge in [0.15, 0.2) is 17.5 Å². The van der Waals surface area contributed by atoms with E-state index >= 15 is 0 Å². The highest BCUT2D eigenvalue weighted by Crippen LogP contribution is 2.32. The average Bonchev–Trinajstić information content (AvgIpc) is 3.14. The number of aliphatic imine (C=N–C) groups is 1. The number of halogens is 1. The van der Waals surface area contributed by atoms with Crippen molar-refractivity contribution in [2.75, 3.05) is 45.2 Å². The number of nitrogens with zero attached hydrogens (tertiary/aromatic N) is 2. The van der Waals surface area contributed by atoms with Gasteiger partial charge in [0.05, 0.1) is 13.2 Å². The molecule has 1 fully saturated rings. The fraction of sp³-hybridized carbons (Fsp3) is 0.500. The summed E-state index contributed by atoms with van der Waals surface area (Å²) in [6.07, 6.45) is 3.42. The number of fused-ring (bicyclic) bond motifs is 1. The minimum Gasteiger partial charge on any atom is -0.490 e. The summed E-state index contributed by atoms with van der Waals surface area (Å²) >= 11 is 1.85. The third-order valence-electron chi connectivity index (χ3n) is 5.35. The van der Waals surface area contributed by atoms with Crippen molar-refractivity contribution < 1.29 is 9.47 Å². The Morgan fingerprint density at radius 2 is 2.07 bits per heavy atom. The first kappa shape index (κ1) is 23.1. The van der Waals surface area contributed by atoms with Crippen LogP contribution >= 0.6 is 35.3 Å². The van der Waals surface area contributed by atoms with Crippen LogP contribution in [0, 0.1) is 5.92 Å². The molecule has 1 aromatic heterocycles. The van der Waals surface area contributed by atoms with Crippen LogP contribution in [0.1, 0.15) is 24.1 Å². The lowest BCUT2D eigenvalue weighted by Gasteiger charge is -2.32. The predicted molar refractivity (Wildman–Crippen MR) is 135 cm³/mol. The number of thiophene rings is 1. The van der Waals surface area contributed by atoms with Crippen molar-refractivity contribution in [2.24, 2.45) is 10.9 Å². The molecule has 2 aliphatic rings. The lowest BCUT2D eigenvalue weighted by Crippen LogP contribution is -2.42. The molecule has 0 amide bonds. The van der Waals surface area contributed by atoms with Crippen molar-refractivity contribution in [3.63, 3.8) is 0 Å². The van der Waals surface area contributed by atoms with Gasteiger partial charge in [-0.2, -0.15) is 0 Å². The molecule has 0 spiro atoms. The molecule has 2 aliphatic heterocycles. The van der Waals surface area contributed by atoms with Gasteiger partial charge >= 0.3 is 0 Å². The number of benzene rings is 1. The molecular weight excluding hydrogens is 511 g/mol. The highest BCUT2D eigenvalue weighted by atomic mass is 127. The topological polar surface area (TPSA) is 58.1 Å². The van der Waals surface area contributed by atoms with E-state index in [-0.39, 0.29) is 24.0 Å². The van der Waals surface area contributed by atoms with Gasteiger partial charge in [-0.1, -0.05) is 6.07 Å². The van der Waals surface area contributed by atoms with E-state index in [2.05, 4.69) is 38.0 Å². The second-order valence-electron chi connectivity index (χ2n) is 7.61. The summed E-state index contributed by atoms with van der Waals surface area (Å²) in [5, 5.41) is 9.04. The normalized spacial score (nSPS) is 19.5. The fourth-order valence-corrected chi connectivity index (χ4v) is 4.63. The van der Waals surface area contributed by atoms with Crippen LogP contribution in [-0.4, -0.2) is 50.8 Å². The van der Waals surface area contributed by atoms with Crippen LogP contribution < -0.4 is 20.1 Å². The Labute approximate surface area is 200 Å². The third kappa shape index (κ3) is 6.49. The number of rotatable bonds is 5. The molecule has 2 N–H and O–H groups in total.